The smallest absolute Gasteiger partial charge is 0.334 e. The zero-order valence-corrected chi connectivity index (χ0v) is 17.0. The molecule has 0 bridgehead atoms. The van der Waals surface area contributed by atoms with Crippen molar-refractivity contribution in [2.45, 2.75) is 44.1 Å². The van der Waals surface area contributed by atoms with E-state index in [0.717, 1.165) is 5.76 Å². The van der Waals surface area contributed by atoms with Crippen molar-refractivity contribution in [3.63, 3.8) is 0 Å². The number of amides is 1. The molecule has 1 aliphatic carbocycles. The van der Waals surface area contributed by atoms with Gasteiger partial charge in [0.05, 0.1) is 12.9 Å². The highest BCUT2D eigenvalue weighted by Gasteiger charge is 2.50. The second-order valence-electron chi connectivity index (χ2n) is 7.29. The summed E-state index contributed by atoms with van der Waals surface area (Å²) < 4.78 is 16.6. The molecule has 0 aromatic heterocycles. The minimum absolute atomic E-state index is 0.340. The maximum atomic E-state index is 12.7. The topological polar surface area (TPSA) is 73.9 Å². The normalized spacial score (nSPS) is 23.0. The summed E-state index contributed by atoms with van der Waals surface area (Å²) in [4.78, 5) is 25.3. The molecule has 0 radical (unpaired) electrons. The van der Waals surface area contributed by atoms with Gasteiger partial charge in [0.2, 0.25) is 8.32 Å². The van der Waals surface area contributed by atoms with Crippen LogP contribution in [-0.2, 0) is 18.7 Å². The van der Waals surface area contributed by atoms with E-state index in [1.807, 2.05) is 6.07 Å². The van der Waals surface area contributed by atoms with Gasteiger partial charge in [-0.2, -0.15) is 0 Å². The number of hydrogen-bond acceptors (Lipinski definition) is 5. The summed E-state index contributed by atoms with van der Waals surface area (Å²) in [5.41, 5.74) is -0.818. The van der Waals surface area contributed by atoms with Crippen LogP contribution in [0.15, 0.2) is 42.2 Å². The van der Waals surface area contributed by atoms with Gasteiger partial charge in [-0.3, -0.25) is 4.79 Å². The number of ether oxygens (including phenoxy) is 2. The maximum absolute atomic E-state index is 12.7. The van der Waals surface area contributed by atoms with E-state index in [4.69, 9.17) is 13.9 Å². The zero-order valence-electron chi connectivity index (χ0n) is 16.0. The summed E-state index contributed by atoms with van der Waals surface area (Å²) in [6.45, 7) is 6.28. The molecule has 1 aromatic carbocycles. The molecule has 7 heteroatoms. The Morgan fingerprint density at radius 2 is 1.81 bits per heavy atom. The largest absolute Gasteiger partial charge is 0.547 e. The number of benzene rings is 1. The monoisotopic (exact) mass is 377 g/mol. The van der Waals surface area contributed by atoms with Gasteiger partial charge >= 0.3 is 5.97 Å². The molecule has 1 N–H and O–H groups in total. The van der Waals surface area contributed by atoms with Gasteiger partial charge in [-0.15, -0.1) is 0 Å². The van der Waals surface area contributed by atoms with E-state index >= 15 is 0 Å². The van der Waals surface area contributed by atoms with Crippen molar-refractivity contribution in [1.82, 2.24) is 5.32 Å². The molecule has 0 aliphatic heterocycles. The fourth-order valence-corrected chi connectivity index (χ4v) is 4.01. The molecule has 1 aromatic rings. The van der Waals surface area contributed by atoms with Crippen molar-refractivity contribution < 1.29 is 23.5 Å². The van der Waals surface area contributed by atoms with Crippen LogP contribution in [0.1, 0.15) is 23.2 Å². The standard InChI is InChI=1S/C19H27NO5Si/c1-23-16-13-15(25-26(3,4)5)11-12-19(16,18(22)24-2)20-17(21)14-9-7-6-8-10-14/h6-10,13,16H,11-12H2,1-5H3,(H,20,21). The Kier molecular flexibility index (Phi) is 6.25. The first-order valence-electron chi connectivity index (χ1n) is 8.60. The number of rotatable bonds is 6. The van der Waals surface area contributed by atoms with Crippen LogP contribution in [0.2, 0.25) is 19.6 Å². The quantitative estimate of drug-likeness (QED) is 0.609. The molecular weight excluding hydrogens is 350 g/mol. The number of carbonyl (C=O) groups excluding carboxylic acids is 2. The molecule has 0 saturated carbocycles. The zero-order chi connectivity index (χ0) is 19.4. The molecule has 0 saturated heterocycles. The molecule has 0 heterocycles. The molecule has 142 valence electrons. The van der Waals surface area contributed by atoms with E-state index in [2.05, 4.69) is 25.0 Å². The third-order valence-corrected chi connectivity index (χ3v) is 5.08. The van der Waals surface area contributed by atoms with Crippen LogP contribution in [0, 0.1) is 0 Å². The number of allylic oxidation sites excluding steroid dienone is 1. The van der Waals surface area contributed by atoms with Crippen molar-refractivity contribution in [2.24, 2.45) is 0 Å². The Morgan fingerprint density at radius 1 is 1.15 bits per heavy atom. The van der Waals surface area contributed by atoms with Crippen LogP contribution in [0.3, 0.4) is 0 Å². The average molecular weight is 378 g/mol. The van der Waals surface area contributed by atoms with Crippen LogP contribution < -0.4 is 5.32 Å². The second-order valence-corrected chi connectivity index (χ2v) is 11.7. The molecule has 2 unspecified atom stereocenters. The van der Waals surface area contributed by atoms with Crippen LogP contribution in [0.5, 0.6) is 0 Å². The van der Waals surface area contributed by atoms with Gasteiger partial charge in [-0.1, -0.05) is 18.2 Å². The van der Waals surface area contributed by atoms with Gasteiger partial charge in [0.25, 0.3) is 5.91 Å². The number of methoxy groups -OCH3 is 2. The summed E-state index contributed by atoms with van der Waals surface area (Å²) in [6, 6.07) is 8.76. The summed E-state index contributed by atoms with van der Waals surface area (Å²) in [5.74, 6) is -0.0811. The lowest BCUT2D eigenvalue weighted by molar-refractivity contribution is -0.154. The van der Waals surface area contributed by atoms with E-state index in [9.17, 15) is 9.59 Å². The molecular formula is C19H27NO5Si. The van der Waals surface area contributed by atoms with Crippen molar-refractivity contribution in [2.75, 3.05) is 14.2 Å². The van der Waals surface area contributed by atoms with Gasteiger partial charge in [0, 0.05) is 19.1 Å². The Balaban J connectivity index is 2.34. The van der Waals surface area contributed by atoms with Crippen LogP contribution in [0.4, 0.5) is 0 Å². The molecule has 0 fully saturated rings. The van der Waals surface area contributed by atoms with E-state index in [1.54, 1.807) is 30.3 Å². The van der Waals surface area contributed by atoms with Crippen molar-refractivity contribution in [3.8, 4) is 0 Å². The van der Waals surface area contributed by atoms with Crippen LogP contribution in [-0.4, -0.2) is 46.1 Å². The van der Waals surface area contributed by atoms with Crippen molar-refractivity contribution >= 4 is 20.2 Å². The van der Waals surface area contributed by atoms with Crippen LogP contribution >= 0.6 is 0 Å². The van der Waals surface area contributed by atoms with E-state index in [1.165, 1.54) is 14.2 Å². The van der Waals surface area contributed by atoms with Gasteiger partial charge < -0.3 is 19.2 Å². The maximum Gasteiger partial charge on any atom is 0.334 e. The van der Waals surface area contributed by atoms with Crippen LogP contribution in [0.25, 0.3) is 0 Å². The van der Waals surface area contributed by atoms with Gasteiger partial charge in [-0.05, 0) is 44.3 Å². The first kappa shape index (κ1) is 20.2. The molecule has 6 nitrogen and oxygen atoms in total. The second kappa shape index (κ2) is 8.05. The van der Waals surface area contributed by atoms with Crippen molar-refractivity contribution in [1.29, 1.82) is 0 Å². The third kappa shape index (κ3) is 4.53. The highest BCUT2D eigenvalue weighted by atomic mass is 28.4. The summed E-state index contributed by atoms with van der Waals surface area (Å²) in [5, 5.41) is 2.86. The minimum Gasteiger partial charge on any atom is -0.547 e. The van der Waals surface area contributed by atoms with Gasteiger partial charge in [0.1, 0.15) is 6.10 Å². The first-order chi connectivity index (χ1) is 12.2. The molecule has 0 spiro atoms. The fraction of sp³-hybridized carbons (Fsp3) is 0.474. The van der Waals surface area contributed by atoms with E-state index < -0.39 is 25.9 Å². The molecule has 1 aliphatic rings. The highest BCUT2D eigenvalue weighted by Crippen LogP contribution is 2.33. The van der Waals surface area contributed by atoms with E-state index in [-0.39, 0.29) is 5.91 Å². The number of nitrogens with one attached hydrogen (secondary N) is 1. The highest BCUT2D eigenvalue weighted by molar-refractivity contribution is 6.70. The molecule has 2 atom stereocenters. The number of hydrogen-bond donors (Lipinski definition) is 1. The summed E-state index contributed by atoms with van der Waals surface area (Å²) in [6.07, 6.45) is 1.97. The number of carbonyl (C=O) groups is 2. The lowest BCUT2D eigenvalue weighted by Gasteiger charge is -2.40. The fourth-order valence-electron chi connectivity index (χ4n) is 3.05. The predicted molar refractivity (Wildman–Crippen MR) is 101 cm³/mol. The number of esters is 1. The SMILES string of the molecule is COC(=O)C1(NC(=O)c2ccccc2)CCC(O[Si](C)(C)C)=CC1OC. The first-order valence-corrected chi connectivity index (χ1v) is 12.0. The lowest BCUT2D eigenvalue weighted by Crippen LogP contribution is -2.63. The lowest BCUT2D eigenvalue weighted by atomic mass is 9.81. The molecule has 26 heavy (non-hydrogen) atoms. The van der Waals surface area contributed by atoms with E-state index in [0.29, 0.717) is 18.4 Å². The van der Waals surface area contributed by atoms with Gasteiger partial charge in [-0.25, -0.2) is 4.79 Å². The molecule has 2 rings (SSSR count). The van der Waals surface area contributed by atoms with Gasteiger partial charge in [0.15, 0.2) is 5.54 Å². The molecule has 1 amide bonds. The third-order valence-electron chi connectivity index (χ3n) is 4.20. The summed E-state index contributed by atoms with van der Waals surface area (Å²) >= 11 is 0. The Hall–Kier alpha value is -2.12. The Morgan fingerprint density at radius 3 is 2.35 bits per heavy atom. The Labute approximate surface area is 155 Å². The minimum atomic E-state index is -1.78. The summed E-state index contributed by atoms with van der Waals surface area (Å²) in [7, 11) is 1.03. The average Bonchev–Trinajstić information content (AvgIpc) is 2.61. The van der Waals surface area contributed by atoms with Crippen molar-refractivity contribution in [3.05, 3.63) is 47.7 Å². The Bertz CT molecular complexity index is 683. The predicted octanol–water partition coefficient (Wildman–Crippen LogP) is 2.87.